The van der Waals surface area contributed by atoms with Gasteiger partial charge in [-0.25, -0.2) is 0 Å². The highest BCUT2D eigenvalue weighted by atomic mass is 16.3. The second kappa shape index (κ2) is 2.38. The predicted molar refractivity (Wildman–Crippen MR) is 43.2 cm³/mol. The Bertz CT molecular complexity index is 265. The summed E-state index contributed by atoms with van der Waals surface area (Å²) >= 11 is 0. The Labute approximate surface area is 66.5 Å². The Morgan fingerprint density at radius 1 is 1.64 bits per heavy atom. The Balaban J connectivity index is 2.37. The molecule has 0 bridgehead atoms. The van der Waals surface area contributed by atoms with Gasteiger partial charge in [0, 0.05) is 17.9 Å². The molecule has 0 fully saturated rings. The summed E-state index contributed by atoms with van der Waals surface area (Å²) in [6, 6.07) is 4.14. The van der Waals surface area contributed by atoms with E-state index in [0.717, 1.165) is 18.2 Å². The first-order valence-electron chi connectivity index (χ1n) is 4.09. The third-order valence-electron chi connectivity index (χ3n) is 2.38. The lowest BCUT2D eigenvalue weighted by Gasteiger charge is -2.03. The lowest BCUT2D eigenvalue weighted by molar-refractivity contribution is 0.270. The highest BCUT2D eigenvalue weighted by Crippen LogP contribution is 2.23. The summed E-state index contributed by atoms with van der Waals surface area (Å²) in [5.74, 6) is 0.747. The maximum Gasteiger partial charge on any atom is 0.0832 e. The number of rotatable bonds is 1. The minimum atomic E-state index is 0.173. The summed E-state index contributed by atoms with van der Waals surface area (Å²) in [6.45, 7) is 3.50. The maximum atomic E-state index is 8.96. The van der Waals surface area contributed by atoms with Crippen molar-refractivity contribution in [3.63, 3.8) is 0 Å². The molecule has 1 aliphatic rings. The van der Waals surface area contributed by atoms with E-state index in [2.05, 4.69) is 17.6 Å². The van der Waals surface area contributed by atoms with Crippen LogP contribution in [0.1, 0.15) is 18.3 Å². The molecule has 1 aromatic rings. The van der Waals surface area contributed by atoms with Gasteiger partial charge in [-0.3, -0.25) is 0 Å². The number of hydrogen-bond acceptors (Lipinski definition) is 1. The van der Waals surface area contributed by atoms with Crippen molar-refractivity contribution in [3.05, 3.63) is 23.5 Å². The van der Waals surface area contributed by atoms with Crippen LogP contribution in [0, 0.1) is 5.92 Å². The van der Waals surface area contributed by atoms with E-state index in [0.29, 0.717) is 0 Å². The van der Waals surface area contributed by atoms with Gasteiger partial charge >= 0.3 is 0 Å². The van der Waals surface area contributed by atoms with Gasteiger partial charge in [0.25, 0.3) is 0 Å². The van der Waals surface area contributed by atoms with Gasteiger partial charge in [-0.05, 0) is 24.5 Å². The van der Waals surface area contributed by atoms with Gasteiger partial charge in [0.05, 0.1) is 6.61 Å². The standard InChI is InChI=1S/C9H13NO/c1-7-4-8-2-3-9(6-11)10(8)5-7/h2-3,7,11H,4-6H2,1H3. The van der Waals surface area contributed by atoms with E-state index in [1.807, 2.05) is 6.07 Å². The van der Waals surface area contributed by atoms with Crippen molar-refractivity contribution in [2.24, 2.45) is 5.92 Å². The van der Waals surface area contributed by atoms with Crippen LogP contribution in [0.25, 0.3) is 0 Å². The molecule has 1 N–H and O–H groups in total. The minimum Gasteiger partial charge on any atom is -0.390 e. The second-order valence-electron chi connectivity index (χ2n) is 3.39. The summed E-state index contributed by atoms with van der Waals surface area (Å²) < 4.78 is 2.23. The normalized spacial score (nSPS) is 22.2. The summed E-state index contributed by atoms with van der Waals surface area (Å²) in [7, 11) is 0. The molecular formula is C9H13NO. The monoisotopic (exact) mass is 151 g/mol. The fourth-order valence-electron chi connectivity index (χ4n) is 1.84. The Morgan fingerprint density at radius 3 is 3.18 bits per heavy atom. The van der Waals surface area contributed by atoms with Gasteiger partial charge in [-0.2, -0.15) is 0 Å². The molecule has 0 saturated carbocycles. The molecule has 0 spiro atoms. The van der Waals surface area contributed by atoms with Crippen molar-refractivity contribution in [3.8, 4) is 0 Å². The van der Waals surface area contributed by atoms with Crippen LogP contribution in [0.5, 0.6) is 0 Å². The van der Waals surface area contributed by atoms with Crippen molar-refractivity contribution >= 4 is 0 Å². The topological polar surface area (TPSA) is 25.2 Å². The molecule has 2 heterocycles. The highest BCUT2D eigenvalue weighted by Gasteiger charge is 2.18. The lowest BCUT2D eigenvalue weighted by Crippen LogP contribution is -2.01. The van der Waals surface area contributed by atoms with Crippen LogP contribution in [-0.2, 0) is 19.6 Å². The molecule has 2 heteroatoms. The molecule has 0 aliphatic carbocycles. The minimum absolute atomic E-state index is 0.173. The molecule has 2 nitrogen and oxygen atoms in total. The number of fused-ring (bicyclic) bond motifs is 1. The molecular weight excluding hydrogens is 138 g/mol. The van der Waals surface area contributed by atoms with Crippen LogP contribution >= 0.6 is 0 Å². The number of hydrogen-bond donors (Lipinski definition) is 1. The number of nitrogens with zero attached hydrogens (tertiary/aromatic N) is 1. The third-order valence-corrected chi connectivity index (χ3v) is 2.38. The molecule has 0 saturated heterocycles. The second-order valence-corrected chi connectivity index (χ2v) is 3.39. The summed E-state index contributed by atoms with van der Waals surface area (Å²) in [5, 5.41) is 8.96. The van der Waals surface area contributed by atoms with Gasteiger partial charge in [0.15, 0.2) is 0 Å². The van der Waals surface area contributed by atoms with E-state index in [4.69, 9.17) is 5.11 Å². The first-order chi connectivity index (χ1) is 5.31. The molecule has 0 aromatic carbocycles. The number of aromatic nitrogens is 1. The van der Waals surface area contributed by atoms with Crippen molar-refractivity contribution < 1.29 is 5.11 Å². The fraction of sp³-hybridized carbons (Fsp3) is 0.556. The highest BCUT2D eigenvalue weighted by molar-refractivity contribution is 5.19. The zero-order valence-corrected chi connectivity index (χ0v) is 6.75. The van der Waals surface area contributed by atoms with E-state index in [9.17, 15) is 0 Å². The third kappa shape index (κ3) is 0.979. The van der Waals surface area contributed by atoms with Crippen molar-refractivity contribution in [2.75, 3.05) is 0 Å². The van der Waals surface area contributed by atoms with E-state index in [1.165, 1.54) is 12.1 Å². The SMILES string of the molecule is CC1Cc2ccc(CO)n2C1. The average Bonchev–Trinajstić information content (AvgIpc) is 2.45. The van der Waals surface area contributed by atoms with E-state index >= 15 is 0 Å². The van der Waals surface area contributed by atoms with E-state index in [1.54, 1.807) is 0 Å². The average molecular weight is 151 g/mol. The molecule has 60 valence electrons. The lowest BCUT2D eigenvalue weighted by atomic mass is 10.1. The van der Waals surface area contributed by atoms with Crippen LogP contribution in [-0.4, -0.2) is 9.67 Å². The maximum absolute atomic E-state index is 8.96. The molecule has 1 aromatic heterocycles. The van der Waals surface area contributed by atoms with E-state index < -0.39 is 0 Å². The zero-order chi connectivity index (χ0) is 7.84. The summed E-state index contributed by atoms with van der Waals surface area (Å²) in [6.07, 6.45) is 1.17. The smallest absolute Gasteiger partial charge is 0.0832 e. The number of aliphatic hydroxyl groups excluding tert-OH is 1. The van der Waals surface area contributed by atoms with Gasteiger partial charge in [-0.15, -0.1) is 0 Å². The fourth-order valence-corrected chi connectivity index (χ4v) is 1.84. The van der Waals surface area contributed by atoms with Gasteiger partial charge in [0.2, 0.25) is 0 Å². The van der Waals surface area contributed by atoms with Crippen molar-refractivity contribution in [1.82, 2.24) is 4.57 Å². The Kier molecular flexibility index (Phi) is 1.50. The Morgan fingerprint density at radius 2 is 2.45 bits per heavy atom. The summed E-state index contributed by atoms with van der Waals surface area (Å²) in [4.78, 5) is 0. The first kappa shape index (κ1) is 6.92. The van der Waals surface area contributed by atoms with Gasteiger partial charge in [0.1, 0.15) is 0 Å². The predicted octanol–water partition coefficient (Wildman–Crippen LogP) is 1.17. The zero-order valence-electron chi connectivity index (χ0n) is 6.75. The van der Waals surface area contributed by atoms with Crippen molar-refractivity contribution in [2.45, 2.75) is 26.5 Å². The largest absolute Gasteiger partial charge is 0.390 e. The molecule has 2 rings (SSSR count). The quantitative estimate of drug-likeness (QED) is 0.640. The molecule has 11 heavy (non-hydrogen) atoms. The van der Waals surface area contributed by atoms with Crippen LogP contribution in [0.4, 0.5) is 0 Å². The molecule has 0 amide bonds. The Hall–Kier alpha value is -0.760. The van der Waals surface area contributed by atoms with Crippen LogP contribution < -0.4 is 0 Å². The van der Waals surface area contributed by atoms with Crippen LogP contribution in [0.2, 0.25) is 0 Å². The molecule has 1 atom stereocenters. The molecule has 1 aliphatic heterocycles. The summed E-state index contributed by atoms with van der Waals surface area (Å²) in [5.41, 5.74) is 2.44. The first-order valence-corrected chi connectivity index (χ1v) is 4.09. The molecule has 0 radical (unpaired) electrons. The molecule has 1 unspecified atom stereocenters. The van der Waals surface area contributed by atoms with Crippen LogP contribution in [0.15, 0.2) is 12.1 Å². The van der Waals surface area contributed by atoms with E-state index in [-0.39, 0.29) is 6.61 Å². The van der Waals surface area contributed by atoms with Gasteiger partial charge < -0.3 is 9.67 Å². The van der Waals surface area contributed by atoms with Crippen molar-refractivity contribution in [1.29, 1.82) is 0 Å². The van der Waals surface area contributed by atoms with Gasteiger partial charge in [-0.1, -0.05) is 6.92 Å². The van der Waals surface area contributed by atoms with Crippen LogP contribution in [0.3, 0.4) is 0 Å². The number of aliphatic hydroxyl groups is 1.